The van der Waals surface area contributed by atoms with E-state index in [1.54, 1.807) is 25.9 Å². The number of nitrogens with one attached hydrogen (secondary N) is 3. The number of rotatable bonds is 7. The lowest BCUT2D eigenvalue weighted by molar-refractivity contribution is -0.274. The molecule has 1 atom stereocenters. The third-order valence-corrected chi connectivity index (χ3v) is 3.76. The fourth-order valence-electron chi connectivity index (χ4n) is 2.38. The summed E-state index contributed by atoms with van der Waals surface area (Å²) >= 11 is 0. The molecule has 1 unspecified atom stereocenters. The van der Waals surface area contributed by atoms with Crippen LogP contribution in [-0.4, -0.2) is 47.9 Å². The van der Waals surface area contributed by atoms with Gasteiger partial charge in [0.25, 0.3) is 5.56 Å². The van der Waals surface area contributed by atoms with Crippen LogP contribution < -0.4 is 20.5 Å². The Morgan fingerprint density at radius 2 is 1.96 bits per heavy atom. The number of aliphatic hydroxyl groups excluding tert-OH is 1. The summed E-state index contributed by atoms with van der Waals surface area (Å²) in [6.07, 6.45) is -4.78. The second-order valence-corrected chi connectivity index (χ2v) is 6.13. The Morgan fingerprint density at radius 3 is 2.46 bits per heavy atom. The van der Waals surface area contributed by atoms with Crippen LogP contribution in [0.2, 0.25) is 0 Å². The topological polar surface area (TPSA) is 114 Å². The van der Waals surface area contributed by atoms with E-state index >= 15 is 0 Å². The Labute approximate surface area is 158 Å². The van der Waals surface area contributed by atoms with Crippen LogP contribution in [0.3, 0.4) is 0 Å². The molecule has 2 rings (SSSR count). The van der Waals surface area contributed by atoms with Crippen molar-refractivity contribution >= 4 is 17.5 Å². The van der Waals surface area contributed by atoms with Crippen LogP contribution in [0.15, 0.2) is 29.1 Å². The van der Waals surface area contributed by atoms with E-state index in [2.05, 4.69) is 20.0 Å². The molecule has 4 N–H and O–H groups in total. The van der Waals surface area contributed by atoms with Gasteiger partial charge in [0.05, 0.1) is 12.3 Å². The molecule has 1 aromatic carbocycles. The van der Waals surface area contributed by atoms with Crippen LogP contribution in [0.1, 0.15) is 24.1 Å². The van der Waals surface area contributed by atoms with E-state index in [0.717, 1.165) is 0 Å². The summed E-state index contributed by atoms with van der Waals surface area (Å²) in [6, 6.07) is 4.77. The van der Waals surface area contributed by atoms with E-state index in [4.69, 9.17) is 5.41 Å². The minimum Gasteiger partial charge on any atom is -0.406 e. The quantitative estimate of drug-likeness (QED) is 0.531. The predicted molar refractivity (Wildman–Crippen MR) is 98.3 cm³/mol. The Morgan fingerprint density at radius 1 is 1.36 bits per heavy atom. The molecule has 1 heterocycles. The fraction of sp³-hybridized carbons (Fsp3) is 0.353. The second kappa shape index (κ2) is 8.30. The number of halogens is 3. The lowest BCUT2D eigenvalue weighted by Crippen LogP contribution is -2.28. The lowest BCUT2D eigenvalue weighted by atomic mass is 10.1. The van der Waals surface area contributed by atoms with Gasteiger partial charge in [-0.15, -0.1) is 13.2 Å². The molecule has 0 fully saturated rings. The highest BCUT2D eigenvalue weighted by molar-refractivity contribution is 6.02. The van der Waals surface area contributed by atoms with Crippen molar-refractivity contribution in [2.75, 3.05) is 30.9 Å². The first kappa shape index (κ1) is 21.2. The molecule has 0 radical (unpaired) electrons. The predicted octanol–water partition coefficient (Wildman–Crippen LogP) is 2.27. The highest BCUT2D eigenvalue weighted by atomic mass is 19.4. The Balaban J connectivity index is 2.33. The van der Waals surface area contributed by atoms with Gasteiger partial charge in [0.15, 0.2) is 0 Å². The normalized spacial score (nSPS) is 12.4. The van der Waals surface area contributed by atoms with Gasteiger partial charge in [-0.25, -0.2) is 0 Å². The monoisotopic (exact) mass is 399 g/mol. The van der Waals surface area contributed by atoms with Gasteiger partial charge < -0.3 is 25.5 Å². The summed E-state index contributed by atoms with van der Waals surface area (Å²) < 4.78 is 40.6. The number of anilines is 2. The third kappa shape index (κ3) is 5.22. The number of benzene rings is 1. The largest absolute Gasteiger partial charge is 0.573 e. The fourth-order valence-corrected chi connectivity index (χ4v) is 2.38. The van der Waals surface area contributed by atoms with Crippen molar-refractivity contribution in [3.63, 3.8) is 0 Å². The molecule has 0 aliphatic heterocycles. The summed E-state index contributed by atoms with van der Waals surface area (Å²) in [5.41, 5.74) is -0.425. The standard InChI is InChI=1S/C17H20F3N5O3/c1-9(10-4-6-11(7-5-10)28-17(18,19)20)22-14-13(12(21)8-26)15(27)24-16(23-14)25(2)3/h4-7,9,21,26H,8H2,1-3H3,(H2,22,23,24,27). The number of aromatic nitrogens is 2. The van der Waals surface area contributed by atoms with Crippen molar-refractivity contribution in [2.24, 2.45) is 0 Å². The first-order valence-electron chi connectivity index (χ1n) is 8.14. The maximum absolute atomic E-state index is 12.3. The second-order valence-electron chi connectivity index (χ2n) is 6.13. The van der Waals surface area contributed by atoms with E-state index in [-0.39, 0.29) is 28.8 Å². The Bertz CT molecular complexity index is 894. The van der Waals surface area contributed by atoms with Crippen LogP contribution >= 0.6 is 0 Å². The SMILES string of the molecule is CC(Nc1nc(N(C)C)[nH]c(=O)c1C(=N)CO)c1ccc(OC(F)(F)F)cc1. The van der Waals surface area contributed by atoms with Crippen LogP contribution in [0.5, 0.6) is 5.75 Å². The number of H-pyrrole nitrogens is 1. The van der Waals surface area contributed by atoms with E-state index in [1.807, 2.05) is 0 Å². The number of hydrogen-bond donors (Lipinski definition) is 4. The molecule has 11 heteroatoms. The Hall–Kier alpha value is -3.08. The van der Waals surface area contributed by atoms with Gasteiger partial charge in [0.2, 0.25) is 5.95 Å². The molecule has 0 aliphatic rings. The molecule has 152 valence electrons. The summed E-state index contributed by atoms with van der Waals surface area (Å²) in [7, 11) is 3.34. The molecule has 0 saturated carbocycles. The molecular weight excluding hydrogens is 379 g/mol. The van der Waals surface area contributed by atoms with Crippen LogP contribution in [-0.2, 0) is 0 Å². The highest BCUT2D eigenvalue weighted by Gasteiger charge is 2.31. The molecule has 0 spiro atoms. The zero-order valence-electron chi connectivity index (χ0n) is 15.4. The van der Waals surface area contributed by atoms with Crippen molar-refractivity contribution in [3.05, 3.63) is 45.7 Å². The van der Waals surface area contributed by atoms with Gasteiger partial charge >= 0.3 is 6.36 Å². The Kier molecular flexibility index (Phi) is 6.29. The minimum atomic E-state index is -4.78. The minimum absolute atomic E-state index is 0.0784. The van der Waals surface area contributed by atoms with Gasteiger partial charge in [0.1, 0.15) is 17.1 Å². The molecule has 8 nitrogen and oxygen atoms in total. The molecule has 0 saturated heterocycles. The number of hydrogen-bond acceptors (Lipinski definition) is 7. The van der Waals surface area contributed by atoms with Crippen LogP contribution in [0.4, 0.5) is 24.9 Å². The van der Waals surface area contributed by atoms with Crippen LogP contribution in [0.25, 0.3) is 0 Å². The number of aromatic amines is 1. The van der Waals surface area contributed by atoms with E-state index in [9.17, 15) is 23.1 Å². The van der Waals surface area contributed by atoms with E-state index in [1.165, 1.54) is 24.3 Å². The maximum atomic E-state index is 12.3. The number of nitrogens with zero attached hydrogens (tertiary/aromatic N) is 2. The molecule has 0 bridgehead atoms. The van der Waals surface area contributed by atoms with E-state index < -0.39 is 24.6 Å². The number of ether oxygens (including phenoxy) is 1. The zero-order chi connectivity index (χ0) is 21.1. The number of aliphatic hydroxyl groups is 1. The first-order valence-corrected chi connectivity index (χ1v) is 8.14. The van der Waals surface area contributed by atoms with Gasteiger partial charge in [0, 0.05) is 20.1 Å². The number of alkyl halides is 3. The first-order chi connectivity index (χ1) is 13.0. The molecule has 1 aromatic heterocycles. The average Bonchev–Trinajstić information content (AvgIpc) is 2.60. The zero-order valence-corrected chi connectivity index (χ0v) is 15.4. The molecule has 2 aromatic rings. The van der Waals surface area contributed by atoms with Gasteiger partial charge in [-0.2, -0.15) is 4.98 Å². The summed E-state index contributed by atoms with van der Waals surface area (Å²) in [6.45, 7) is 1.06. The van der Waals surface area contributed by atoms with Gasteiger partial charge in [-0.3, -0.25) is 9.78 Å². The lowest BCUT2D eigenvalue weighted by Gasteiger charge is -2.20. The van der Waals surface area contributed by atoms with Crippen LogP contribution in [0, 0.1) is 5.41 Å². The molecular formula is C17H20F3N5O3. The summed E-state index contributed by atoms with van der Waals surface area (Å²) in [5, 5.41) is 20.0. The molecule has 0 amide bonds. The van der Waals surface area contributed by atoms with Crippen molar-refractivity contribution in [1.82, 2.24) is 9.97 Å². The maximum Gasteiger partial charge on any atom is 0.573 e. The van der Waals surface area contributed by atoms with Crippen molar-refractivity contribution in [1.29, 1.82) is 5.41 Å². The van der Waals surface area contributed by atoms with Crippen molar-refractivity contribution in [2.45, 2.75) is 19.3 Å². The molecule has 28 heavy (non-hydrogen) atoms. The van der Waals surface area contributed by atoms with E-state index in [0.29, 0.717) is 5.56 Å². The third-order valence-electron chi connectivity index (χ3n) is 3.76. The van der Waals surface area contributed by atoms with Crippen molar-refractivity contribution in [3.8, 4) is 5.75 Å². The van der Waals surface area contributed by atoms with Gasteiger partial charge in [-0.05, 0) is 24.6 Å². The smallest absolute Gasteiger partial charge is 0.406 e. The van der Waals surface area contributed by atoms with Crippen molar-refractivity contribution < 1.29 is 23.0 Å². The average molecular weight is 399 g/mol. The summed E-state index contributed by atoms with van der Waals surface area (Å²) in [5.74, 6) is -0.0342. The summed E-state index contributed by atoms with van der Waals surface area (Å²) in [4.78, 5) is 20.7. The molecule has 0 aliphatic carbocycles. The highest BCUT2D eigenvalue weighted by Crippen LogP contribution is 2.26. The van der Waals surface area contributed by atoms with Gasteiger partial charge in [-0.1, -0.05) is 12.1 Å².